The number of H-pyrrole nitrogens is 1. The number of amides is 1. The van der Waals surface area contributed by atoms with Crippen LogP contribution in [0.1, 0.15) is 16.9 Å². The summed E-state index contributed by atoms with van der Waals surface area (Å²) in [5.41, 5.74) is 8.00. The summed E-state index contributed by atoms with van der Waals surface area (Å²) in [4.78, 5) is 17.3. The second-order valence-corrected chi connectivity index (χ2v) is 4.51. The van der Waals surface area contributed by atoms with Gasteiger partial charge in [0.1, 0.15) is 5.69 Å². The van der Waals surface area contributed by atoms with Crippen LogP contribution in [0.3, 0.4) is 0 Å². The topological polar surface area (TPSA) is 62.1 Å². The molecule has 18 heavy (non-hydrogen) atoms. The third-order valence-corrected chi connectivity index (χ3v) is 3.26. The number of hydrogen-bond donors (Lipinski definition) is 2. The van der Waals surface area contributed by atoms with Crippen molar-refractivity contribution in [2.45, 2.75) is 6.42 Å². The van der Waals surface area contributed by atoms with Crippen LogP contribution < -0.4 is 5.73 Å². The SMILES string of the molecule is Nc1cccc2cc(C(=O)N3CC=CCC3)[nH]c12. The van der Waals surface area contributed by atoms with Gasteiger partial charge in [-0.15, -0.1) is 0 Å². The Balaban J connectivity index is 1.96. The van der Waals surface area contributed by atoms with Crippen LogP contribution in [0.5, 0.6) is 0 Å². The zero-order valence-electron chi connectivity index (χ0n) is 10.0. The standard InChI is InChI=1S/C14H15N3O/c15-11-6-4-5-10-9-12(16-13(10)11)14(18)17-7-2-1-3-8-17/h1-2,4-6,9,16H,3,7-8,15H2. The molecule has 0 spiro atoms. The summed E-state index contributed by atoms with van der Waals surface area (Å²) in [5, 5.41) is 0.978. The lowest BCUT2D eigenvalue weighted by Gasteiger charge is -2.22. The van der Waals surface area contributed by atoms with Crippen LogP contribution in [-0.4, -0.2) is 28.9 Å². The summed E-state index contributed by atoms with van der Waals surface area (Å²) in [6.45, 7) is 1.46. The van der Waals surface area contributed by atoms with Crippen molar-refractivity contribution < 1.29 is 4.79 Å². The van der Waals surface area contributed by atoms with E-state index in [0.717, 1.165) is 23.9 Å². The van der Waals surface area contributed by atoms with Gasteiger partial charge in [-0.25, -0.2) is 0 Å². The molecule has 0 atom stereocenters. The van der Waals surface area contributed by atoms with Crippen molar-refractivity contribution in [2.75, 3.05) is 18.8 Å². The molecule has 0 saturated heterocycles. The molecule has 4 heteroatoms. The molecule has 3 N–H and O–H groups in total. The maximum atomic E-state index is 12.3. The minimum Gasteiger partial charge on any atom is -0.397 e. The highest BCUT2D eigenvalue weighted by molar-refractivity contribution is 6.00. The number of benzene rings is 1. The van der Waals surface area contributed by atoms with Crippen LogP contribution in [0.25, 0.3) is 10.9 Å². The average molecular weight is 241 g/mol. The van der Waals surface area contributed by atoms with Crippen molar-refractivity contribution in [3.05, 3.63) is 42.1 Å². The average Bonchev–Trinajstić information content (AvgIpc) is 2.84. The number of nitrogen functional groups attached to an aromatic ring is 1. The number of carbonyl (C=O) groups is 1. The molecule has 2 heterocycles. The van der Waals surface area contributed by atoms with Gasteiger partial charge in [-0.3, -0.25) is 4.79 Å². The normalized spacial score (nSPS) is 15.2. The first-order valence-corrected chi connectivity index (χ1v) is 6.07. The number of anilines is 1. The van der Waals surface area contributed by atoms with Crippen LogP contribution >= 0.6 is 0 Å². The van der Waals surface area contributed by atoms with Gasteiger partial charge in [-0.1, -0.05) is 24.3 Å². The molecule has 1 aromatic heterocycles. The maximum Gasteiger partial charge on any atom is 0.270 e. The summed E-state index contributed by atoms with van der Waals surface area (Å²) < 4.78 is 0. The quantitative estimate of drug-likeness (QED) is 0.593. The summed E-state index contributed by atoms with van der Waals surface area (Å²) in [6.07, 6.45) is 5.06. The van der Waals surface area contributed by atoms with Crippen molar-refractivity contribution in [3.63, 3.8) is 0 Å². The highest BCUT2D eigenvalue weighted by atomic mass is 16.2. The van der Waals surface area contributed by atoms with Gasteiger partial charge >= 0.3 is 0 Å². The predicted octanol–water partition coefficient (Wildman–Crippen LogP) is 2.15. The number of nitrogens with two attached hydrogens (primary N) is 1. The van der Waals surface area contributed by atoms with Crippen LogP contribution in [0.15, 0.2) is 36.4 Å². The number of rotatable bonds is 1. The highest BCUT2D eigenvalue weighted by Gasteiger charge is 2.18. The van der Waals surface area contributed by atoms with E-state index in [9.17, 15) is 4.79 Å². The van der Waals surface area contributed by atoms with E-state index in [-0.39, 0.29) is 5.91 Å². The molecule has 1 aliphatic heterocycles. The lowest BCUT2D eigenvalue weighted by molar-refractivity contribution is 0.0766. The number of para-hydroxylation sites is 1. The van der Waals surface area contributed by atoms with E-state index >= 15 is 0 Å². The Morgan fingerprint density at radius 3 is 2.94 bits per heavy atom. The van der Waals surface area contributed by atoms with Gasteiger partial charge in [0, 0.05) is 18.5 Å². The fourth-order valence-corrected chi connectivity index (χ4v) is 2.29. The third-order valence-electron chi connectivity index (χ3n) is 3.26. The summed E-state index contributed by atoms with van der Waals surface area (Å²) in [6, 6.07) is 7.54. The first-order valence-electron chi connectivity index (χ1n) is 6.07. The minimum atomic E-state index is 0.0370. The second kappa shape index (κ2) is 4.22. The molecule has 1 aromatic carbocycles. The Morgan fingerprint density at radius 2 is 2.22 bits per heavy atom. The summed E-state index contributed by atoms with van der Waals surface area (Å²) in [7, 11) is 0. The molecule has 4 nitrogen and oxygen atoms in total. The van der Waals surface area contributed by atoms with Crippen molar-refractivity contribution in [3.8, 4) is 0 Å². The maximum absolute atomic E-state index is 12.3. The second-order valence-electron chi connectivity index (χ2n) is 4.51. The largest absolute Gasteiger partial charge is 0.397 e. The minimum absolute atomic E-state index is 0.0370. The fraction of sp³-hybridized carbons (Fsp3) is 0.214. The van der Waals surface area contributed by atoms with E-state index < -0.39 is 0 Å². The van der Waals surface area contributed by atoms with Gasteiger partial charge in [0.15, 0.2) is 0 Å². The molecular formula is C14H15N3O. The molecule has 2 aromatic rings. The van der Waals surface area contributed by atoms with E-state index in [0.29, 0.717) is 17.9 Å². The van der Waals surface area contributed by atoms with Gasteiger partial charge in [0.25, 0.3) is 5.91 Å². The number of aromatic amines is 1. The molecule has 0 bridgehead atoms. The lowest BCUT2D eigenvalue weighted by atomic mass is 10.2. The van der Waals surface area contributed by atoms with Gasteiger partial charge in [-0.05, 0) is 18.6 Å². The summed E-state index contributed by atoms with van der Waals surface area (Å²) >= 11 is 0. The smallest absolute Gasteiger partial charge is 0.270 e. The molecule has 0 radical (unpaired) electrons. The number of aromatic nitrogens is 1. The Bertz CT molecular complexity index is 627. The van der Waals surface area contributed by atoms with Crippen LogP contribution in [-0.2, 0) is 0 Å². The molecule has 0 fully saturated rings. The van der Waals surface area contributed by atoms with E-state index in [1.807, 2.05) is 35.2 Å². The lowest BCUT2D eigenvalue weighted by Crippen LogP contribution is -2.33. The molecule has 1 amide bonds. The molecule has 0 saturated carbocycles. The zero-order chi connectivity index (χ0) is 12.5. The number of hydrogen-bond acceptors (Lipinski definition) is 2. The molecule has 0 aliphatic carbocycles. The van der Waals surface area contributed by atoms with Crippen LogP contribution in [0.2, 0.25) is 0 Å². The van der Waals surface area contributed by atoms with E-state index in [4.69, 9.17) is 5.73 Å². The Morgan fingerprint density at radius 1 is 1.33 bits per heavy atom. The van der Waals surface area contributed by atoms with E-state index in [2.05, 4.69) is 11.1 Å². The summed E-state index contributed by atoms with van der Waals surface area (Å²) in [5.74, 6) is 0.0370. The third kappa shape index (κ3) is 1.76. The zero-order valence-corrected chi connectivity index (χ0v) is 10.0. The fourth-order valence-electron chi connectivity index (χ4n) is 2.29. The Kier molecular flexibility index (Phi) is 2.55. The van der Waals surface area contributed by atoms with Gasteiger partial charge in [0.2, 0.25) is 0 Å². The van der Waals surface area contributed by atoms with Crippen molar-refractivity contribution in [2.24, 2.45) is 0 Å². The van der Waals surface area contributed by atoms with Gasteiger partial charge in [-0.2, -0.15) is 0 Å². The number of nitrogens with one attached hydrogen (secondary N) is 1. The van der Waals surface area contributed by atoms with Crippen molar-refractivity contribution in [1.82, 2.24) is 9.88 Å². The van der Waals surface area contributed by atoms with Gasteiger partial charge < -0.3 is 15.6 Å². The molecule has 3 rings (SSSR count). The van der Waals surface area contributed by atoms with Crippen LogP contribution in [0, 0.1) is 0 Å². The molecular weight excluding hydrogens is 226 g/mol. The van der Waals surface area contributed by atoms with E-state index in [1.165, 1.54) is 0 Å². The number of carbonyl (C=O) groups excluding carboxylic acids is 1. The predicted molar refractivity (Wildman–Crippen MR) is 72.4 cm³/mol. The Hall–Kier alpha value is -2.23. The van der Waals surface area contributed by atoms with Crippen molar-refractivity contribution in [1.29, 1.82) is 0 Å². The monoisotopic (exact) mass is 241 g/mol. The highest BCUT2D eigenvalue weighted by Crippen LogP contribution is 2.22. The first kappa shape index (κ1) is 10.9. The van der Waals surface area contributed by atoms with Gasteiger partial charge in [0.05, 0.1) is 11.2 Å². The number of fused-ring (bicyclic) bond motifs is 1. The van der Waals surface area contributed by atoms with Crippen LogP contribution in [0.4, 0.5) is 5.69 Å². The Labute approximate surface area is 105 Å². The van der Waals surface area contributed by atoms with Crippen molar-refractivity contribution >= 4 is 22.5 Å². The molecule has 92 valence electrons. The molecule has 1 aliphatic rings. The molecule has 0 unspecified atom stereocenters. The first-order chi connectivity index (χ1) is 8.75. The van der Waals surface area contributed by atoms with E-state index in [1.54, 1.807) is 0 Å². The number of nitrogens with zero attached hydrogens (tertiary/aromatic N) is 1.